The molecule has 1 N–H and O–H groups in total. The van der Waals surface area contributed by atoms with Crippen LogP contribution in [0.2, 0.25) is 0 Å². The molecule has 0 radical (unpaired) electrons. The van der Waals surface area contributed by atoms with E-state index in [-0.39, 0.29) is 6.10 Å². The van der Waals surface area contributed by atoms with Crippen LogP contribution in [0.1, 0.15) is 79.1 Å². The van der Waals surface area contributed by atoms with Crippen LogP contribution in [0.3, 0.4) is 0 Å². The number of hydrogen-bond donors (Lipinski definition) is 1. The first-order valence-electron chi connectivity index (χ1n) is 9.24. The van der Waals surface area contributed by atoms with E-state index in [1.165, 1.54) is 44.1 Å². The molecule has 21 heavy (non-hydrogen) atoms. The fourth-order valence-electron chi connectivity index (χ4n) is 6.37. The second kappa shape index (κ2) is 5.41. The Labute approximate surface area is 131 Å². The van der Waals surface area contributed by atoms with Crippen LogP contribution in [0.5, 0.6) is 0 Å². The molecule has 0 aliphatic heterocycles. The summed E-state index contributed by atoms with van der Waals surface area (Å²) in [6.45, 7) is 9.79. The summed E-state index contributed by atoms with van der Waals surface area (Å²) in [4.78, 5) is 0. The largest absolute Gasteiger partial charge is 0.392 e. The summed E-state index contributed by atoms with van der Waals surface area (Å²) in [6, 6.07) is 0. The van der Waals surface area contributed by atoms with Gasteiger partial charge in [0.05, 0.1) is 6.10 Å². The van der Waals surface area contributed by atoms with Crippen LogP contribution in [-0.2, 0) is 0 Å². The lowest BCUT2D eigenvalue weighted by Gasteiger charge is -2.59. The topological polar surface area (TPSA) is 20.2 Å². The van der Waals surface area contributed by atoms with E-state index in [4.69, 9.17) is 0 Å². The molecule has 1 nitrogen and oxygen atoms in total. The van der Waals surface area contributed by atoms with E-state index < -0.39 is 0 Å². The standard InChI is InChI=1S/C20H34O/c1-5-14-7-9-16-15(17(21)13-14)8-10-18-19(2,3)11-6-12-20(16,18)4/h7,15-18,21H,5-6,8-13H2,1-4H3. The van der Waals surface area contributed by atoms with Gasteiger partial charge in [0.25, 0.3) is 0 Å². The van der Waals surface area contributed by atoms with Gasteiger partial charge in [0.2, 0.25) is 0 Å². The summed E-state index contributed by atoms with van der Waals surface area (Å²) in [5.41, 5.74) is 2.44. The van der Waals surface area contributed by atoms with Gasteiger partial charge in [-0.15, -0.1) is 0 Å². The fourth-order valence-corrected chi connectivity index (χ4v) is 6.37. The smallest absolute Gasteiger partial charge is 0.0608 e. The van der Waals surface area contributed by atoms with E-state index >= 15 is 0 Å². The van der Waals surface area contributed by atoms with Crippen LogP contribution < -0.4 is 0 Å². The van der Waals surface area contributed by atoms with Gasteiger partial charge in [-0.2, -0.15) is 0 Å². The molecule has 0 aromatic rings. The molecule has 3 rings (SSSR count). The second-order valence-corrected chi connectivity index (χ2v) is 8.97. The van der Waals surface area contributed by atoms with Crippen molar-refractivity contribution in [2.45, 2.75) is 85.2 Å². The summed E-state index contributed by atoms with van der Waals surface area (Å²) in [7, 11) is 0. The summed E-state index contributed by atoms with van der Waals surface area (Å²) < 4.78 is 0. The van der Waals surface area contributed by atoms with E-state index in [1.807, 2.05) is 0 Å². The molecule has 0 saturated heterocycles. The van der Waals surface area contributed by atoms with Gasteiger partial charge in [-0.05, 0) is 73.5 Å². The zero-order valence-electron chi connectivity index (χ0n) is 14.5. The SMILES string of the molecule is CCC1=CCC2C(CCC3C(C)(C)CCCC23C)C(O)C1. The molecule has 3 aliphatic carbocycles. The van der Waals surface area contributed by atoms with Crippen molar-refractivity contribution in [1.29, 1.82) is 0 Å². The molecule has 0 amide bonds. The summed E-state index contributed by atoms with van der Waals surface area (Å²) in [6.07, 6.45) is 12.4. The van der Waals surface area contributed by atoms with E-state index in [0.717, 1.165) is 18.8 Å². The van der Waals surface area contributed by atoms with Gasteiger partial charge in [-0.3, -0.25) is 0 Å². The second-order valence-electron chi connectivity index (χ2n) is 8.97. The maximum Gasteiger partial charge on any atom is 0.0608 e. The van der Waals surface area contributed by atoms with Crippen molar-refractivity contribution in [3.05, 3.63) is 11.6 Å². The zero-order valence-corrected chi connectivity index (χ0v) is 14.5. The number of fused-ring (bicyclic) bond motifs is 3. The van der Waals surface area contributed by atoms with Crippen LogP contribution in [0.25, 0.3) is 0 Å². The number of rotatable bonds is 1. The summed E-state index contributed by atoms with van der Waals surface area (Å²) >= 11 is 0. The van der Waals surface area contributed by atoms with Gasteiger partial charge in [0.15, 0.2) is 0 Å². The Morgan fingerprint density at radius 3 is 2.67 bits per heavy atom. The first-order chi connectivity index (χ1) is 9.88. The molecule has 0 bridgehead atoms. The predicted octanol–water partition coefficient (Wildman–Crippen LogP) is 5.34. The molecule has 2 saturated carbocycles. The molecule has 0 aromatic carbocycles. The third-order valence-corrected chi connectivity index (χ3v) is 7.51. The highest BCUT2D eigenvalue weighted by molar-refractivity contribution is 5.13. The highest BCUT2D eigenvalue weighted by Gasteiger charge is 2.55. The summed E-state index contributed by atoms with van der Waals surface area (Å²) in [5.74, 6) is 2.10. The van der Waals surface area contributed by atoms with E-state index in [0.29, 0.717) is 22.7 Å². The average molecular weight is 290 g/mol. The Hall–Kier alpha value is -0.300. The Bertz CT molecular complexity index is 422. The maximum atomic E-state index is 10.8. The molecule has 2 fully saturated rings. The van der Waals surface area contributed by atoms with Crippen molar-refractivity contribution in [3.8, 4) is 0 Å². The van der Waals surface area contributed by atoms with Gasteiger partial charge >= 0.3 is 0 Å². The van der Waals surface area contributed by atoms with Gasteiger partial charge < -0.3 is 5.11 Å². The summed E-state index contributed by atoms with van der Waals surface area (Å²) in [5, 5.41) is 10.8. The molecule has 0 spiro atoms. The van der Waals surface area contributed by atoms with Crippen LogP contribution in [0.15, 0.2) is 11.6 Å². The zero-order chi connectivity index (χ0) is 15.3. The van der Waals surface area contributed by atoms with Crippen molar-refractivity contribution >= 4 is 0 Å². The van der Waals surface area contributed by atoms with Crippen LogP contribution in [0.4, 0.5) is 0 Å². The lowest BCUT2D eigenvalue weighted by Crippen LogP contribution is -2.53. The lowest BCUT2D eigenvalue weighted by molar-refractivity contribution is -0.118. The first-order valence-corrected chi connectivity index (χ1v) is 9.24. The first kappa shape index (κ1) is 15.6. The Morgan fingerprint density at radius 2 is 1.95 bits per heavy atom. The highest BCUT2D eigenvalue weighted by Crippen LogP contribution is 2.63. The van der Waals surface area contributed by atoms with Gasteiger partial charge in [-0.1, -0.05) is 45.8 Å². The minimum Gasteiger partial charge on any atom is -0.392 e. The normalized spacial score (nSPS) is 46.0. The van der Waals surface area contributed by atoms with Crippen LogP contribution >= 0.6 is 0 Å². The quantitative estimate of drug-likeness (QED) is 0.647. The van der Waals surface area contributed by atoms with Gasteiger partial charge in [-0.25, -0.2) is 0 Å². The van der Waals surface area contributed by atoms with E-state index in [2.05, 4.69) is 33.8 Å². The fraction of sp³-hybridized carbons (Fsp3) is 0.900. The Morgan fingerprint density at radius 1 is 1.19 bits per heavy atom. The molecule has 1 heteroatoms. The van der Waals surface area contributed by atoms with Crippen molar-refractivity contribution in [3.63, 3.8) is 0 Å². The minimum absolute atomic E-state index is 0.0912. The Balaban J connectivity index is 1.94. The molecular weight excluding hydrogens is 256 g/mol. The van der Waals surface area contributed by atoms with Crippen LogP contribution in [-0.4, -0.2) is 11.2 Å². The van der Waals surface area contributed by atoms with Gasteiger partial charge in [0.1, 0.15) is 0 Å². The number of allylic oxidation sites excluding steroid dienone is 1. The molecule has 0 heterocycles. The predicted molar refractivity (Wildman–Crippen MR) is 89.1 cm³/mol. The molecular formula is C20H34O. The number of aliphatic hydroxyl groups excluding tert-OH is 1. The Kier molecular flexibility index (Phi) is 4.01. The van der Waals surface area contributed by atoms with Gasteiger partial charge in [0, 0.05) is 0 Å². The maximum absolute atomic E-state index is 10.8. The third-order valence-electron chi connectivity index (χ3n) is 7.51. The van der Waals surface area contributed by atoms with Crippen molar-refractivity contribution in [1.82, 2.24) is 0 Å². The monoisotopic (exact) mass is 290 g/mol. The molecule has 120 valence electrons. The molecule has 0 aromatic heterocycles. The number of aliphatic hydroxyl groups is 1. The third kappa shape index (κ3) is 2.50. The van der Waals surface area contributed by atoms with Crippen molar-refractivity contribution in [2.75, 3.05) is 0 Å². The molecule has 5 atom stereocenters. The molecule has 3 aliphatic rings. The van der Waals surface area contributed by atoms with Crippen molar-refractivity contribution in [2.24, 2.45) is 28.6 Å². The minimum atomic E-state index is -0.0912. The number of hydrogen-bond acceptors (Lipinski definition) is 1. The lowest BCUT2D eigenvalue weighted by atomic mass is 9.45. The van der Waals surface area contributed by atoms with Crippen LogP contribution in [0, 0.1) is 28.6 Å². The molecule has 5 unspecified atom stereocenters. The van der Waals surface area contributed by atoms with E-state index in [1.54, 1.807) is 0 Å². The highest BCUT2D eigenvalue weighted by atomic mass is 16.3. The van der Waals surface area contributed by atoms with E-state index in [9.17, 15) is 5.11 Å². The average Bonchev–Trinajstić information content (AvgIpc) is 2.58. The van der Waals surface area contributed by atoms with Crippen molar-refractivity contribution < 1.29 is 5.11 Å².